The molecule has 2 aliphatic heterocycles. The summed E-state index contributed by atoms with van der Waals surface area (Å²) in [6, 6.07) is 61.7. The number of para-hydroxylation sites is 1. The van der Waals surface area contributed by atoms with Crippen molar-refractivity contribution in [2.45, 2.75) is 25.3 Å². The van der Waals surface area contributed by atoms with Gasteiger partial charge in [0, 0.05) is 27.8 Å². The predicted octanol–water partition coefficient (Wildman–Crippen LogP) is 13.5. The Labute approximate surface area is 332 Å². The minimum absolute atomic E-state index is 0.120. The average molecular weight is 735 g/mol. The van der Waals surface area contributed by atoms with Gasteiger partial charge in [-0.25, -0.2) is 0 Å². The summed E-state index contributed by atoms with van der Waals surface area (Å²) in [6.45, 7) is 4.56. The van der Waals surface area contributed by atoms with Crippen molar-refractivity contribution >= 4 is 22.3 Å². The summed E-state index contributed by atoms with van der Waals surface area (Å²) in [5.74, 6) is 3.81. The van der Waals surface area contributed by atoms with E-state index < -0.39 is 0 Å². The molecule has 0 spiro atoms. The van der Waals surface area contributed by atoms with Gasteiger partial charge in [0.1, 0.15) is 5.84 Å². The molecule has 0 amide bonds. The molecule has 4 heteroatoms. The number of ether oxygens (including phenoxy) is 2. The van der Waals surface area contributed by atoms with E-state index in [2.05, 4.69) is 189 Å². The number of amidine groups is 1. The minimum Gasteiger partial charge on any atom is -0.449 e. The smallest absolute Gasteiger partial charge is 0.178 e. The van der Waals surface area contributed by atoms with Gasteiger partial charge in [0.25, 0.3) is 0 Å². The van der Waals surface area contributed by atoms with Crippen LogP contribution in [-0.4, -0.2) is 5.84 Å². The maximum atomic E-state index is 6.76. The van der Waals surface area contributed by atoms with Gasteiger partial charge in [-0.3, -0.25) is 4.99 Å². The fourth-order valence-corrected chi connectivity index (χ4v) is 8.94. The number of fused-ring (bicyclic) bond motifs is 7. The zero-order valence-corrected chi connectivity index (χ0v) is 31.7. The lowest BCUT2D eigenvalue weighted by molar-refractivity contribution is 0.361. The first kappa shape index (κ1) is 33.2. The first-order chi connectivity index (χ1) is 28.0. The summed E-state index contributed by atoms with van der Waals surface area (Å²) < 4.78 is 13.5. The molecule has 0 radical (unpaired) electrons. The fraction of sp³-hybridized carbons (Fsp3) is 0.0755. The van der Waals surface area contributed by atoms with Crippen LogP contribution in [0.1, 0.15) is 47.7 Å². The molecular weight excluding hydrogens is 697 g/mol. The second-order valence-electron chi connectivity index (χ2n) is 15.5. The van der Waals surface area contributed by atoms with E-state index >= 15 is 0 Å². The monoisotopic (exact) mass is 734 g/mol. The van der Waals surface area contributed by atoms with Crippen LogP contribution >= 0.6 is 0 Å². The normalized spacial score (nSPS) is 15.8. The molecule has 8 aromatic rings. The van der Waals surface area contributed by atoms with E-state index in [9.17, 15) is 0 Å². The van der Waals surface area contributed by atoms with Crippen molar-refractivity contribution in [2.75, 3.05) is 0 Å². The number of benzene rings is 8. The minimum atomic E-state index is -0.205. The van der Waals surface area contributed by atoms with Crippen molar-refractivity contribution in [1.29, 1.82) is 0 Å². The van der Waals surface area contributed by atoms with Crippen molar-refractivity contribution in [3.05, 3.63) is 210 Å². The summed E-state index contributed by atoms with van der Waals surface area (Å²) in [5, 5.41) is 6.07. The Morgan fingerprint density at radius 2 is 1.09 bits per heavy atom. The SMILES string of the molecule is CC1(C)c2ccccc2-c2c1ccc1c2Oc2cccc(-c3ccc(C4C=C(c5ccccc5)NC(c5ccc(-c6ccccc6)c6ccccc56)=N4)cc3)c2O1. The molecule has 1 atom stereocenters. The van der Waals surface area contributed by atoms with Gasteiger partial charge in [-0.05, 0) is 73.5 Å². The van der Waals surface area contributed by atoms with Crippen LogP contribution in [-0.2, 0) is 5.41 Å². The summed E-state index contributed by atoms with van der Waals surface area (Å²) in [6.07, 6.45) is 2.23. The van der Waals surface area contributed by atoms with Crippen molar-refractivity contribution in [3.8, 4) is 56.4 Å². The molecule has 1 unspecified atom stereocenters. The first-order valence-corrected chi connectivity index (χ1v) is 19.6. The van der Waals surface area contributed by atoms with Crippen molar-refractivity contribution in [2.24, 2.45) is 4.99 Å². The molecule has 2 heterocycles. The van der Waals surface area contributed by atoms with E-state index in [1.54, 1.807) is 0 Å². The maximum absolute atomic E-state index is 6.76. The molecule has 57 heavy (non-hydrogen) atoms. The van der Waals surface area contributed by atoms with E-state index in [1.165, 1.54) is 33.2 Å². The quantitative estimate of drug-likeness (QED) is 0.191. The van der Waals surface area contributed by atoms with Crippen LogP contribution in [0.2, 0.25) is 0 Å². The zero-order valence-electron chi connectivity index (χ0n) is 31.7. The Bertz CT molecular complexity index is 2940. The second kappa shape index (κ2) is 13.0. The molecule has 8 aromatic carbocycles. The highest BCUT2D eigenvalue weighted by Gasteiger charge is 2.39. The lowest BCUT2D eigenvalue weighted by Gasteiger charge is -2.26. The summed E-state index contributed by atoms with van der Waals surface area (Å²) >= 11 is 0. The van der Waals surface area contributed by atoms with Crippen molar-refractivity contribution in [1.82, 2.24) is 5.32 Å². The van der Waals surface area contributed by atoms with Crippen LogP contribution < -0.4 is 14.8 Å². The predicted molar refractivity (Wildman–Crippen MR) is 232 cm³/mol. The van der Waals surface area contributed by atoms with Gasteiger partial charge >= 0.3 is 0 Å². The van der Waals surface area contributed by atoms with Crippen LogP contribution in [0.15, 0.2) is 187 Å². The lowest BCUT2D eigenvalue weighted by atomic mass is 9.82. The van der Waals surface area contributed by atoms with Gasteiger partial charge in [0.15, 0.2) is 23.0 Å². The Balaban J connectivity index is 0.957. The molecule has 0 saturated heterocycles. The number of rotatable bonds is 5. The fourth-order valence-electron chi connectivity index (χ4n) is 8.94. The van der Waals surface area contributed by atoms with Gasteiger partial charge < -0.3 is 14.8 Å². The molecule has 0 fully saturated rings. The zero-order chi connectivity index (χ0) is 38.1. The standard InChI is InChI=1S/C53H38N2O2/c1-53(2)43-22-12-11-20-42(43)49-44(53)30-31-48-51(49)57-47-23-13-21-38(50(47)56-48)34-24-26-36(27-25-34)46-32-45(35-16-7-4-8-17-35)54-52(55-46)41-29-28-37(33-14-5-3-6-15-33)39-18-9-10-19-40(39)41/h3-32,46H,1-2H3,(H,54,55). The largest absolute Gasteiger partial charge is 0.449 e. The Hall–Kier alpha value is -7.17. The van der Waals surface area contributed by atoms with Gasteiger partial charge in [-0.1, -0.05) is 178 Å². The van der Waals surface area contributed by atoms with Gasteiger partial charge in [-0.2, -0.15) is 0 Å². The van der Waals surface area contributed by atoms with Gasteiger partial charge in [0.2, 0.25) is 0 Å². The molecule has 0 bridgehead atoms. The molecule has 4 nitrogen and oxygen atoms in total. The van der Waals surface area contributed by atoms with Crippen LogP contribution in [0.25, 0.3) is 49.9 Å². The highest BCUT2D eigenvalue weighted by Crippen LogP contribution is 2.59. The third kappa shape index (κ3) is 5.40. The Kier molecular flexibility index (Phi) is 7.55. The average Bonchev–Trinajstić information content (AvgIpc) is 3.51. The highest BCUT2D eigenvalue weighted by molar-refractivity contribution is 6.15. The van der Waals surface area contributed by atoms with E-state index in [4.69, 9.17) is 14.5 Å². The van der Waals surface area contributed by atoms with Gasteiger partial charge in [0.05, 0.1) is 6.04 Å². The molecular formula is C53H38N2O2. The number of aliphatic imine (C=N–C) groups is 1. The number of hydrogen-bond acceptors (Lipinski definition) is 4. The third-order valence-corrected chi connectivity index (χ3v) is 11.8. The molecule has 11 rings (SSSR count). The number of nitrogens with one attached hydrogen (secondary N) is 1. The van der Waals surface area contributed by atoms with E-state index in [0.29, 0.717) is 5.75 Å². The van der Waals surface area contributed by atoms with E-state index in [0.717, 1.165) is 67.5 Å². The topological polar surface area (TPSA) is 42.8 Å². The molecule has 1 aliphatic carbocycles. The second-order valence-corrected chi connectivity index (χ2v) is 15.5. The third-order valence-electron chi connectivity index (χ3n) is 11.8. The van der Waals surface area contributed by atoms with Crippen LogP contribution in [0.5, 0.6) is 23.0 Å². The lowest BCUT2D eigenvalue weighted by Crippen LogP contribution is -2.28. The van der Waals surface area contributed by atoms with Crippen LogP contribution in [0.4, 0.5) is 0 Å². The molecule has 0 aromatic heterocycles. The first-order valence-electron chi connectivity index (χ1n) is 19.6. The van der Waals surface area contributed by atoms with Crippen LogP contribution in [0, 0.1) is 0 Å². The summed E-state index contributed by atoms with van der Waals surface area (Å²) in [4.78, 5) is 5.39. The van der Waals surface area contributed by atoms with Crippen molar-refractivity contribution in [3.63, 3.8) is 0 Å². The summed E-state index contributed by atoms with van der Waals surface area (Å²) in [7, 11) is 0. The molecule has 1 N–H and O–H groups in total. The highest BCUT2D eigenvalue weighted by atomic mass is 16.6. The Morgan fingerprint density at radius 3 is 1.88 bits per heavy atom. The van der Waals surface area contributed by atoms with Gasteiger partial charge in [-0.15, -0.1) is 0 Å². The van der Waals surface area contributed by atoms with E-state index in [1.807, 2.05) is 12.1 Å². The number of nitrogens with zero attached hydrogens (tertiary/aromatic N) is 1. The van der Waals surface area contributed by atoms with E-state index in [-0.39, 0.29) is 11.5 Å². The van der Waals surface area contributed by atoms with Crippen molar-refractivity contribution < 1.29 is 9.47 Å². The Morgan fingerprint density at radius 1 is 0.474 bits per heavy atom. The maximum Gasteiger partial charge on any atom is 0.178 e. The summed E-state index contributed by atoms with van der Waals surface area (Å²) in [5.41, 5.74) is 13.5. The van der Waals surface area contributed by atoms with Crippen LogP contribution in [0.3, 0.4) is 0 Å². The molecule has 272 valence electrons. The number of hydrogen-bond donors (Lipinski definition) is 1. The molecule has 3 aliphatic rings. The molecule has 0 saturated carbocycles.